The highest BCUT2D eigenvalue weighted by Gasteiger charge is 2.05. The van der Waals surface area contributed by atoms with E-state index in [1.165, 1.54) is 19.3 Å². The zero-order valence-electron chi connectivity index (χ0n) is 8.92. The van der Waals surface area contributed by atoms with Crippen molar-refractivity contribution < 1.29 is 9.90 Å². The fraction of sp³-hybridized carbons (Fsp3) is 0.900. The van der Waals surface area contributed by atoms with Gasteiger partial charge in [-0.15, -0.1) is 0 Å². The molecule has 0 aliphatic carbocycles. The number of likely N-dealkylation sites (tertiary alicyclic amines) is 1. The van der Waals surface area contributed by atoms with Gasteiger partial charge in [-0.1, -0.05) is 0 Å². The first-order valence-corrected chi connectivity index (χ1v) is 4.85. The van der Waals surface area contributed by atoms with E-state index in [0.29, 0.717) is 0 Å². The molecule has 78 valence electrons. The summed E-state index contributed by atoms with van der Waals surface area (Å²) >= 11 is 0. The largest absolute Gasteiger partial charge is 0.391 e. The summed E-state index contributed by atoms with van der Waals surface area (Å²) in [7, 11) is 0. The van der Waals surface area contributed by atoms with Crippen LogP contribution in [0.2, 0.25) is 0 Å². The summed E-state index contributed by atoms with van der Waals surface area (Å²) < 4.78 is 0. The van der Waals surface area contributed by atoms with Crippen molar-refractivity contribution in [3.8, 4) is 0 Å². The molecule has 3 nitrogen and oxygen atoms in total. The highest BCUT2D eigenvalue weighted by molar-refractivity contribution is 5.46. The molecule has 0 bridgehead atoms. The Bertz CT molecular complexity index is 128. The van der Waals surface area contributed by atoms with Crippen LogP contribution in [0.5, 0.6) is 0 Å². The van der Waals surface area contributed by atoms with Crippen LogP contribution in [0.1, 0.15) is 40.0 Å². The quantitative estimate of drug-likeness (QED) is 0.630. The van der Waals surface area contributed by atoms with Gasteiger partial charge in [0.05, 0.1) is 5.60 Å². The molecule has 0 aromatic carbocycles. The molecule has 1 saturated heterocycles. The van der Waals surface area contributed by atoms with Crippen LogP contribution < -0.4 is 0 Å². The summed E-state index contributed by atoms with van der Waals surface area (Å²) in [6.45, 7) is 7.18. The van der Waals surface area contributed by atoms with E-state index in [9.17, 15) is 4.79 Å². The lowest BCUT2D eigenvalue weighted by Crippen LogP contribution is -2.27. The number of nitrogens with zero attached hydrogens (tertiary/aromatic N) is 1. The van der Waals surface area contributed by atoms with E-state index in [-0.39, 0.29) is 0 Å². The molecule has 1 amide bonds. The Labute approximate surface area is 80.7 Å². The minimum Gasteiger partial charge on any atom is -0.391 e. The topological polar surface area (TPSA) is 40.5 Å². The summed E-state index contributed by atoms with van der Waals surface area (Å²) in [6.07, 6.45) is 4.63. The summed E-state index contributed by atoms with van der Waals surface area (Å²) in [4.78, 5) is 11.9. The number of piperidine rings is 1. The van der Waals surface area contributed by atoms with Crippen molar-refractivity contribution in [1.29, 1.82) is 0 Å². The Morgan fingerprint density at radius 3 is 1.77 bits per heavy atom. The van der Waals surface area contributed by atoms with E-state index < -0.39 is 5.60 Å². The van der Waals surface area contributed by atoms with Crippen molar-refractivity contribution in [2.24, 2.45) is 0 Å². The summed E-state index contributed by atoms with van der Waals surface area (Å²) in [5, 5.41) is 8.52. The predicted molar refractivity (Wildman–Crippen MR) is 53.5 cm³/mol. The molecule has 1 heterocycles. The van der Waals surface area contributed by atoms with Gasteiger partial charge in [0.25, 0.3) is 0 Å². The van der Waals surface area contributed by atoms with Gasteiger partial charge in [0.15, 0.2) is 0 Å². The molecule has 0 aromatic rings. The minimum atomic E-state index is -0.500. The van der Waals surface area contributed by atoms with Gasteiger partial charge in [-0.05, 0) is 40.0 Å². The molecule has 0 radical (unpaired) electrons. The maximum absolute atomic E-state index is 10.1. The fourth-order valence-corrected chi connectivity index (χ4v) is 1.02. The van der Waals surface area contributed by atoms with Gasteiger partial charge in [-0.2, -0.15) is 0 Å². The Balaban J connectivity index is 0.000000252. The minimum absolute atomic E-state index is 0.500. The highest BCUT2D eigenvalue weighted by atomic mass is 16.3. The van der Waals surface area contributed by atoms with Gasteiger partial charge in [0, 0.05) is 13.1 Å². The average Bonchev–Trinajstić information content (AvgIpc) is 2.03. The molecule has 1 aliphatic heterocycles. The second-order valence-electron chi connectivity index (χ2n) is 4.37. The van der Waals surface area contributed by atoms with Crippen LogP contribution in [0.15, 0.2) is 0 Å². The number of hydrogen-bond acceptors (Lipinski definition) is 2. The molecule has 0 spiro atoms. The van der Waals surface area contributed by atoms with Crippen molar-refractivity contribution >= 4 is 6.41 Å². The zero-order valence-corrected chi connectivity index (χ0v) is 8.92. The lowest BCUT2D eigenvalue weighted by molar-refractivity contribution is -0.118. The Morgan fingerprint density at radius 2 is 1.54 bits per heavy atom. The van der Waals surface area contributed by atoms with Crippen molar-refractivity contribution in [3.05, 3.63) is 0 Å². The third-order valence-electron chi connectivity index (χ3n) is 1.54. The molecule has 1 N–H and O–H groups in total. The van der Waals surface area contributed by atoms with Crippen LogP contribution in [-0.2, 0) is 4.79 Å². The number of carbonyl (C=O) groups is 1. The van der Waals surface area contributed by atoms with Crippen molar-refractivity contribution in [1.82, 2.24) is 4.90 Å². The van der Waals surface area contributed by atoms with Gasteiger partial charge in [-0.3, -0.25) is 4.79 Å². The summed E-state index contributed by atoms with van der Waals surface area (Å²) in [5.41, 5.74) is -0.500. The SMILES string of the molecule is CC(C)(C)O.O=CN1CCCCC1. The third-order valence-corrected chi connectivity index (χ3v) is 1.54. The molecule has 0 unspecified atom stereocenters. The van der Waals surface area contributed by atoms with E-state index in [2.05, 4.69) is 0 Å². The Hall–Kier alpha value is -0.570. The van der Waals surface area contributed by atoms with Crippen LogP contribution in [0, 0.1) is 0 Å². The maximum atomic E-state index is 10.1. The highest BCUT2D eigenvalue weighted by Crippen LogP contribution is 2.05. The van der Waals surface area contributed by atoms with Gasteiger partial charge in [0.2, 0.25) is 6.41 Å². The molecule has 0 saturated carbocycles. The Morgan fingerprint density at radius 1 is 1.15 bits per heavy atom. The van der Waals surface area contributed by atoms with E-state index in [1.54, 1.807) is 20.8 Å². The number of amides is 1. The Kier molecular flexibility index (Phi) is 5.71. The van der Waals surface area contributed by atoms with Crippen LogP contribution >= 0.6 is 0 Å². The smallest absolute Gasteiger partial charge is 0.209 e. The number of hydrogen-bond donors (Lipinski definition) is 1. The molecule has 3 heteroatoms. The molecule has 1 rings (SSSR count). The van der Waals surface area contributed by atoms with Gasteiger partial charge < -0.3 is 10.0 Å². The first-order valence-electron chi connectivity index (χ1n) is 4.85. The van der Waals surface area contributed by atoms with Crippen LogP contribution in [-0.4, -0.2) is 35.1 Å². The van der Waals surface area contributed by atoms with E-state index in [4.69, 9.17) is 5.11 Å². The summed E-state index contributed by atoms with van der Waals surface area (Å²) in [5.74, 6) is 0. The summed E-state index contributed by atoms with van der Waals surface area (Å²) in [6, 6.07) is 0. The maximum Gasteiger partial charge on any atom is 0.209 e. The normalized spacial score (nSPS) is 17.4. The first-order chi connectivity index (χ1) is 5.93. The molecular weight excluding hydrogens is 166 g/mol. The van der Waals surface area contributed by atoms with Crippen molar-refractivity contribution in [2.45, 2.75) is 45.6 Å². The average molecular weight is 187 g/mol. The molecule has 0 aromatic heterocycles. The third kappa shape index (κ3) is 11.4. The van der Waals surface area contributed by atoms with Gasteiger partial charge in [-0.25, -0.2) is 0 Å². The second kappa shape index (κ2) is 5.97. The van der Waals surface area contributed by atoms with Crippen molar-refractivity contribution in [2.75, 3.05) is 13.1 Å². The molecule has 13 heavy (non-hydrogen) atoms. The molecule has 1 fully saturated rings. The standard InChI is InChI=1S/C6H11NO.C4H10O/c8-6-7-4-2-1-3-5-7;1-4(2,3)5/h6H,1-5H2;5H,1-3H3. The first kappa shape index (κ1) is 12.4. The monoisotopic (exact) mass is 187 g/mol. The second-order valence-corrected chi connectivity index (χ2v) is 4.37. The van der Waals surface area contributed by atoms with Gasteiger partial charge in [0.1, 0.15) is 0 Å². The lowest BCUT2D eigenvalue weighted by atomic mass is 10.1. The molecule has 1 aliphatic rings. The predicted octanol–water partition coefficient (Wildman–Crippen LogP) is 1.41. The number of aliphatic hydroxyl groups is 1. The molecular formula is C10H21NO2. The van der Waals surface area contributed by atoms with Crippen molar-refractivity contribution in [3.63, 3.8) is 0 Å². The fourth-order valence-electron chi connectivity index (χ4n) is 1.02. The van der Waals surface area contributed by atoms with Crippen LogP contribution in [0.4, 0.5) is 0 Å². The van der Waals surface area contributed by atoms with E-state index >= 15 is 0 Å². The number of carbonyl (C=O) groups excluding carboxylic acids is 1. The van der Waals surface area contributed by atoms with Crippen LogP contribution in [0.25, 0.3) is 0 Å². The lowest BCUT2D eigenvalue weighted by Gasteiger charge is -2.21. The van der Waals surface area contributed by atoms with Crippen LogP contribution in [0.3, 0.4) is 0 Å². The number of rotatable bonds is 1. The van der Waals surface area contributed by atoms with Gasteiger partial charge >= 0.3 is 0 Å². The molecule has 0 atom stereocenters. The zero-order chi connectivity index (χ0) is 10.3. The van der Waals surface area contributed by atoms with E-state index in [0.717, 1.165) is 19.5 Å². The van der Waals surface area contributed by atoms with E-state index in [1.807, 2.05) is 4.90 Å².